The molecule has 0 amide bonds. The second-order valence-corrected chi connectivity index (χ2v) is 7.02. The van der Waals surface area contributed by atoms with E-state index in [9.17, 15) is 4.79 Å². The van der Waals surface area contributed by atoms with Crippen LogP contribution in [0.5, 0.6) is 0 Å². The summed E-state index contributed by atoms with van der Waals surface area (Å²) in [5.74, 6) is 2.45. The van der Waals surface area contributed by atoms with Gasteiger partial charge in [0.05, 0.1) is 12.5 Å². The Morgan fingerprint density at radius 1 is 1.30 bits per heavy atom. The van der Waals surface area contributed by atoms with Gasteiger partial charge in [-0.05, 0) is 61.5 Å². The highest BCUT2D eigenvalue weighted by Gasteiger charge is 2.61. The van der Waals surface area contributed by atoms with Gasteiger partial charge in [0, 0.05) is 18.3 Å². The van der Waals surface area contributed by atoms with Crippen molar-refractivity contribution in [1.82, 2.24) is 4.98 Å². The van der Waals surface area contributed by atoms with Crippen molar-refractivity contribution in [2.24, 2.45) is 23.2 Å². The SMILES string of the molecule is COC(=O)C12CC3CC(CC(C3)C1c1cccnc1)C2. The summed E-state index contributed by atoms with van der Waals surface area (Å²) in [5.41, 5.74) is 0.966. The van der Waals surface area contributed by atoms with Crippen LogP contribution in [0.3, 0.4) is 0 Å². The Bertz CT molecular complexity index is 513. The van der Waals surface area contributed by atoms with E-state index in [0.29, 0.717) is 11.8 Å². The average molecular weight is 271 g/mol. The van der Waals surface area contributed by atoms with Crippen molar-refractivity contribution in [1.29, 1.82) is 0 Å². The number of methoxy groups -OCH3 is 1. The number of carbonyl (C=O) groups is 1. The standard InChI is InChI=1S/C17H21NO2/c1-20-16(19)17-8-11-5-12(9-17)7-14(6-11)15(17)13-3-2-4-18-10-13/h2-4,10-12,14-15H,5-9H2,1H3. The number of aromatic nitrogens is 1. The van der Waals surface area contributed by atoms with E-state index in [1.807, 2.05) is 18.5 Å². The molecule has 20 heavy (non-hydrogen) atoms. The van der Waals surface area contributed by atoms with Gasteiger partial charge < -0.3 is 4.74 Å². The van der Waals surface area contributed by atoms with Crippen molar-refractivity contribution in [3.05, 3.63) is 30.1 Å². The predicted octanol–water partition coefficient (Wildman–Crippen LogP) is 3.16. The molecule has 106 valence electrons. The van der Waals surface area contributed by atoms with Crippen LogP contribution in [0.25, 0.3) is 0 Å². The van der Waals surface area contributed by atoms with Crippen molar-refractivity contribution in [2.45, 2.75) is 38.0 Å². The van der Waals surface area contributed by atoms with E-state index in [1.54, 1.807) is 7.11 Å². The van der Waals surface area contributed by atoms with Gasteiger partial charge in [-0.25, -0.2) is 0 Å². The molecule has 5 rings (SSSR count). The topological polar surface area (TPSA) is 39.2 Å². The highest BCUT2D eigenvalue weighted by atomic mass is 16.5. The molecule has 0 saturated heterocycles. The van der Waals surface area contributed by atoms with Gasteiger partial charge in [-0.2, -0.15) is 0 Å². The van der Waals surface area contributed by atoms with Crippen LogP contribution in [-0.2, 0) is 9.53 Å². The largest absolute Gasteiger partial charge is 0.469 e. The fraction of sp³-hybridized carbons (Fsp3) is 0.647. The third-order valence-corrected chi connectivity index (χ3v) is 5.95. The molecule has 4 saturated carbocycles. The van der Waals surface area contributed by atoms with E-state index in [0.717, 1.165) is 24.7 Å². The number of esters is 1. The van der Waals surface area contributed by atoms with Crippen molar-refractivity contribution in [2.75, 3.05) is 7.11 Å². The summed E-state index contributed by atoms with van der Waals surface area (Å²) in [7, 11) is 1.54. The molecule has 4 fully saturated rings. The molecule has 0 radical (unpaired) electrons. The summed E-state index contributed by atoms with van der Waals surface area (Å²) in [6.45, 7) is 0. The molecule has 0 aromatic carbocycles. The summed E-state index contributed by atoms with van der Waals surface area (Å²) in [5, 5.41) is 0. The van der Waals surface area contributed by atoms with Crippen LogP contribution in [0.1, 0.15) is 43.6 Å². The number of carbonyl (C=O) groups excluding carboxylic acids is 1. The Kier molecular flexibility index (Phi) is 2.66. The third-order valence-electron chi connectivity index (χ3n) is 5.95. The van der Waals surface area contributed by atoms with Crippen LogP contribution in [0.4, 0.5) is 0 Å². The number of nitrogens with zero attached hydrogens (tertiary/aromatic N) is 1. The Morgan fingerprint density at radius 2 is 2.05 bits per heavy atom. The number of hydrogen-bond donors (Lipinski definition) is 0. The van der Waals surface area contributed by atoms with E-state index < -0.39 is 0 Å². The lowest BCUT2D eigenvalue weighted by Crippen LogP contribution is -2.55. The average Bonchev–Trinajstić information content (AvgIpc) is 2.46. The molecule has 3 nitrogen and oxygen atoms in total. The lowest BCUT2D eigenvalue weighted by Gasteiger charge is -2.59. The Morgan fingerprint density at radius 3 is 2.65 bits per heavy atom. The summed E-state index contributed by atoms with van der Waals surface area (Å²) in [6.07, 6.45) is 9.71. The maximum atomic E-state index is 12.6. The van der Waals surface area contributed by atoms with E-state index in [4.69, 9.17) is 4.74 Å². The van der Waals surface area contributed by atoms with E-state index in [2.05, 4.69) is 11.1 Å². The van der Waals surface area contributed by atoms with Crippen LogP contribution >= 0.6 is 0 Å². The molecular weight excluding hydrogens is 250 g/mol. The normalized spacial score (nSPS) is 41.6. The smallest absolute Gasteiger partial charge is 0.312 e. The molecule has 0 spiro atoms. The molecule has 0 N–H and O–H groups in total. The molecular formula is C17H21NO2. The zero-order chi connectivity index (χ0) is 13.7. The monoisotopic (exact) mass is 271 g/mol. The molecule has 1 heterocycles. The zero-order valence-corrected chi connectivity index (χ0v) is 11.9. The van der Waals surface area contributed by atoms with E-state index >= 15 is 0 Å². The maximum absolute atomic E-state index is 12.6. The van der Waals surface area contributed by atoms with E-state index in [-0.39, 0.29) is 11.4 Å². The van der Waals surface area contributed by atoms with Crippen LogP contribution in [0, 0.1) is 23.2 Å². The van der Waals surface area contributed by atoms with Gasteiger partial charge in [0.2, 0.25) is 0 Å². The minimum atomic E-state index is -0.271. The highest BCUT2D eigenvalue weighted by molar-refractivity contribution is 5.79. The van der Waals surface area contributed by atoms with Crippen LogP contribution in [-0.4, -0.2) is 18.1 Å². The fourth-order valence-corrected chi connectivity index (χ4v) is 5.69. The van der Waals surface area contributed by atoms with Gasteiger partial charge in [0.25, 0.3) is 0 Å². The van der Waals surface area contributed by atoms with Crippen LogP contribution < -0.4 is 0 Å². The first kappa shape index (κ1) is 12.4. The van der Waals surface area contributed by atoms with Gasteiger partial charge in [-0.1, -0.05) is 6.07 Å². The fourth-order valence-electron chi connectivity index (χ4n) is 5.69. The number of pyridine rings is 1. The highest BCUT2D eigenvalue weighted by Crippen LogP contribution is 2.66. The molecule has 4 aliphatic rings. The molecule has 3 heteroatoms. The van der Waals surface area contributed by atoms with Crippen LogP contribution in [0.2, 0.25) is 0 Å². The third kappa shape index (κ3) is 1.58. The molecule has 4 bridgehead atoms. The molecule has 3 atom stereocenters. The second-order valence-electron chi connectivity index (χ2n) is 7.02. The van der Waals surface area contributed by atoms with Gasteiger partial charge in [0.1, 0.15) is 0 Å². The van der Waals surface area contributed by atoms with Crippen molar-refractivity contribution in [3.8, 4) is 0 Å². The first-order valence-corrected chi connectivity index (χ1v) is 7.71. The summed E-state index contributed by atoms with van der Waals surface area (Å²) >= 11 is 0. The lowest BCUT2D eigenvalue weighted by atomic mass is 9.44. The number of rotatable bonds is 2. The van der Waals surface area contributed by atoms with E-state index in [1.165, 1.54) is 24.8 Å². The van der Waals surface area contributed by atoms with Crippen molar-refractivity contribution >= 4 is 5.97 Å². The van der Waals surface area contributed by atoms with Gasteiger partial charge in [-0.3, -0.25) is 9.78 Å². The van der Waals surface area contributed by atoms with Gasteiger partial charge >= 0.3 is 5.97 Å². The minimum absolute atomic E-state index is 0.0189. The zero-order valence-electron chi connectivity index (χ0n) is 11.9. The summed E-state index contributed by atoms with van der Waals surface area (Å²) in [6, 6.07) is 4.13. The first-order valence-electron chi connectivity index (χ1n) is 7.71. The number of ether oxygens (including phenoxy) is 1. The molecule has 0 aliphatic heterocycles. The molecule has 1 aromatic rings. The predicted molar refractivity (Wildman–Crippen MR) is 75.0 cm³/mol. The second kappa shape index (κ2) is 4.31. The van der Waals surface area contributed by atoms with Gasteiger partial charge in [0.15, 0.2) is 0 Å². The van der Waals surface area contributed by atoms with Crippen LogP contribution in [0.15, 0.2) is 24.5 Å². The summed E-state index contributed by atoms with van der Waals surface area (Å²) < 4.78 is 5.23. The lowest BCUT2D eigenvalue weighted by molar-refractivity contribution is -0.172. The Hall–Kier alpha value is -1.38. The quantitative estimate of drug-likeness (QED) is 0.776. The summed E-state index contributed by atoms with van der Waals surface area (Å²) in [4.78, 5) is 16.9. The molecule has 4 aliphatic carbocycles. The first-order chi connectivity index (χ1) is 9.73. The maximum Gasteiger partial charge on any atom is 0.312 e. The minimum Gasteiger partial charge on any atom is -0.469 e. The number of hydrogen-bond acceptors (Lipinski definition) is 3. The Labute approximate surface area is 119 Å². The van der Waals surface area contributed by atoms with Crippen molar-refractivity contribution in [3.63, 3.8) is 0 Å². The van der Waals surface area contributed by atoms with Crippen molar-refractivity contribution < 1.29 is 9.53 Å². The molecule has 1 aromatic heterocycles. The molecule has 3 unspecified atom stereocenters. The Balaban J connectivity index is 1.81. The van der Waals surface area contributed by atoms with Gasteiger partial charge in [-0.15, -0.1) is 0 Å².